The maximum atomic E-state index is 12.5. The van der Waals surface area contributed by atoms with E-state index in [9.17, 15) is 21.6 Å². The zero-order valence-electron chi connectivity index (χ0n) is 13.1. The van der Waals surface area contributed by atoms with E-state index in [-0.39, 0.29) is 16.5 Å². The minimum absolute atomic E-state index is 0.237. The highest BCUT2D eigenvalue weighted by Gasteiger charge is 2.50. The molecule has 1 aromatic carbocycles. The molecule has 0 unspecified atom stereocenters. The fourth-order valence-electron chi connectivity index (χ4n) is 1.83. The van der Waals surface area contributed by atoms with E-state index in [1.165, 1.54) is 18.2 Å². The largest absolute Gasteiger partial charge is 0.534 e. The van der Waals surface area contributed by atoms with Gasteiger partial charge in [0, 0.05) is 10.9 Å². The van der Waals surface area contributed by atoms with Crippen molar-refractivity contribution in [2.45, 2.75) is 44.4 Å². The second kappa shape index (κ2) is 5.45. The highest BCUT2D eigenvalue weighted by atomic mass is 32.2. The van der Waals surface area contributed by atoms with Gasteiger partial charge >= 0.3 is 15.6 Å². The number of nitrogens with two attached hydrogens (primary N) is 1. The lowest BCUT2D eigenvalue weighted by molar-refractivity contribution is -0.0499. The summed E-state index contributed by atoms with van der Waals surface area (Å²) in [6.07, 6.45) is 0. The zero-order valence-corrected chi connectivity index (χ0v) is 14.9. The Hall–Kier alpha value is -1.22. The van der Waals surface area contributed by atoms with Crippen molar-refractivity contribution in [1.29, 1.82) is 0 Å². The summed E-state index contributed by atoms with van der Waals surface area (Å²) in [6, 6.07) is 4.10. The Balaban J connectivity index is 3.52. The third-order valence-corrected chi connectivity index (χ3v) is 10.5. The summed E-state index contributed by atoms with van der Waals surface area (Å²) in [4.78, 5) is 0. The van der Waals surface area contributed by atoms with Crippen LogP contribution in [0.2, 0.25) is 18.1 Å². The van der Waals surface area contributed by atoms with Crippen molar-refractivity contribution >= 4 is 29.1 Å². The molecular weight excluding hydrogens is 335 g/mol. The third-order valence-electron chi connectivity index (χ3n) is 4.04. The molecule has 0 spiro atoms. The van der Waals surface area contributed by atoms with Gasteiger partial charge in [-0.1, -0.05) is 39.9 Å². The zero-order chi connectivity index (χ0) is 17.6. The van der Waals surface area contributed by atoms with Gasteiger partial charge < -0.3 is 9.92 Å². The molecule has 0 aromatic heterocycles. The number of benzene rings is 1. The summed E-state index contributed by atoms with van der Waals surface area (Å²) in [6.45, 7) is 9.63. The Morgan fingerprint density at radius 2 is 1.64 bits per heavy atom. The minimum Gasteiger partial charge on any atom is -0.399 e. The standard InChI is InChI=1S/C13H20F3NO3SSi/c1-12(2,3)22(4,5)11-9(17)7-6-8-10(11)20-21(18,19)13(14,15)16/h6-8H,17H2,1-5H3. The van der Waals surface area contributed by atoms with E-state index >= 15 is 0 Å². The van der Waals surface area contributed by atoms with Crippen LogP contribution in [0, 0.1) is 0 Å². The minimum atomic E-state index is -5.73. The van der Waals surface area contributed by atoms with Crippen LogP contribution in [0.25, 0.3) is 0 Å². The normalized spacial score (nSPS) is 14.0. The summed E-state index contributed by atoms with van der Waals surface area (Å²) in [5.74, 6) is -0.344. The van der Waals surface area contributed by atoms with Crippen molar-refractivity contribution in [3.63, 3.8) is 0 Å². The van der Waals surface area contributed by atoms with E-state index in [0.717, 1.165) is 0 Å². The van der Waals surface area contributed by atoms with E-state index in [0.29, 0.717) is 5.19 Å². The Labute approximate surface area is 129 Å². The number of hydrogen-bond donors (Lipinski definition) is 1. The topological polar surface area (TPSA) is 69.4 Å². The summed E-state index contributed by atoms with van der Waals surface area (Å²) in [5, 5.41) is 0.109. The van der Waals surface area contributed by atoms with E-state index < -0.39 is 23.7 Å². The molecule has 1 rings (SSSR count). The maximum Gasteiger partial charge on any atom is 0.534 e. The molecule has 0 aliphatic carbocycles. The van der Waals surface area contributed by atoms with Crippen molar-refractivity contribution < 1.29 is 25.8 Å². The number of rotatable bonds is 3. The first-order valence-corrected chi connectivity index (χ1v) is 10.9. The van der Waals surface area contributed by atoms with E-state index in [4.69, 9.17) is 5.73 Å². The molecule has 0 aliphatic heterocycles. The third kappa shape index (κ3) is 3.40. The van der Waals surface area contributed by atoms with Crippen LogP contribution in [0.5, 0.6) is 5.75 Å². The average molecular weight is 355 g/mol. The molecule has 1 aromatic rings. The number of nitrogen functional groups attached to an aromatic ring is 1. The number of halogens is 3. The van der Waals surface area contributed by atoms with Crippen molar-refractivity contribution in [1.82, 2.24) is 0 Å². The Morgan fingerprint density at radius 1 is 1.14 bits per heavy atom. The fourth-order valence-corrected chi connectivity index (χ4v) is 4.68. The van der Waals surface area contributed by atoms with Crippen molar-refractivity contribution in [3.8, 4) is 5.75 Å². The van der Waals surface area contributed by atoms with Gasteiger partial charge in [-0.2, -0.15) is 21.6 Å². The monoisotopic (exact) mass is 355 g/mol. The molecule has 0 saturated heterocycles. The second-order valence-corrected chi connectivity index (χ2v) is 13.4. The first-order chi connectivity index (χ1) is 9.61. The average Bonchev–Trinajstić information content (AvgIpc) is 2.24. The van der Waals surface area contributed by atoms with Crippen LogP contribution in [-0.2, 0) is 10.1 Å². The smallest absolute Gasteiger partial charge is 0.399 e. The van der Waals surface area contributed by atoms with E-state index in [1.54, 1.807) is 0 Å². The lowest BCUT2D eigenvalue weighted by Crippen LogP contribution is -2.51. The Bertz CT molecular complexity index is 664. The van der Waals surface area contributed by atoms with Gasteiger partial charge in [0.15, 0.2) is 0 Å². The quantitative estimate of drug-likeness (QED) is 0.391. The molecule has 9 heteroatoms. The van der Waals surface area contributed by atoms with Crippen molar-refractivity contribution in [2.24, 2.45) is 0 Å². The van der Waals surface area contributed by atoms with Crippen LogP contribution < -0.4 is 15.1 Å². The fraction of sp³-hybridized carbons (Fsp3) is 0.538. The van der Waals surface area contributed by atoms with Gasteiger partial charge in [-0.25, -0.2) is 0 Å². The van der Waals surface area contributed by atoms with Gasteiger partial charge in [0.2, 0.25) is 0 Å². The second-order valence-electron chi connectivity index (χ2n) is 6.58. The van der Waals surface area contributed by atoms with Gasteiger partial charge in [0.1, 0.15) is 5.75 Å². The first-order valence-electron chi connectivity index (χ1n) is 6.51. The molecule has 2 N–H and O–H groups in total. The SMILES string of the molecule is CC(C)(C)[Si](C)(C)c1c(N)cccc1OS(=O)(=O)C(F)(F)F. The molecule has 126 valence electrons. The van der Waals surface area contributed by atoms with Gasteiger partial charge in [-0.3, -0.25) is 0 Å². The molecule has 22 heavy (non-hydrogen) atoms. The van der Waals surface area contributed by atoms with Gasteiger partial charge in [-0.15, -0.1) is 0 Å². The van der Waals surface area contributed by atoms with Crippen molar-refractivity contribution in [3.05, 3.63) is 18.2 Å². The molecule has 0 heterocycles. The number of anilines is 1. The Morgan fingerprint density at radius 3 is 2.05 bits per heavy atom. The van der Waals surface area contributed by atoms with Crippen LogP contribution in [0.1, 0.15) is 20.8 Å². The van der Waals surface area contributed by atoms with Gasteiger partial charge in [0.05, 0.1) is 8.07 Å². The molecule has 0 saturated carbocycles. The summed E-state index contributed by atoms with van der Waals surface area (Å²) < 4.78 is 64.6. The van der Waals surface area contributed by atoms with Gasteiger partial charge in [0.25, 0.3) is 0 Å². The van der Waals surface area contributed by atoms with Crippen molar-refractivity contribution in [2.75, 3.05) is 5.73 Å². The molecule has 0 atom stereocenters. The van der Waals surface area contributed by atoms with Crippen LogP contribution in [0.15, 0.2) is 18.2 Å². The highest BCUT2D eigenvalue weighted by Crippen LogP contribution is 2.39. The predicted octanol–water partition coefficient (Wildman–Crippen LogP) is 3.21. The maximum absolute atomic E-state index is 12.5. The molecule has 0 aliphatic rings. The van der Waals surface area contributed by atoms with Crippen LogP contribution in [0.4, 0.5) is 18.9 Å². The highest BCUT2D eigenvalue weighted by molar-refractivity contribution is 7.88. The number of hydrogen-bond acceptors (Lipinski definition) is 4. The lowest BCUT2D eigenvalue weighted by Gasteiger charge is -2.38. The molecule has 4 nitrogen and oxygen atoms in total. The predicted molar refractivity (Wildman–Crippen MR) is 83.3 cm³/mol. The molecule has 0 fully saturated rings. The summed E-state index contributed by atoms with van der Waals surface area (Å²) in [7, 11) is -8.14. The molecule has 0 radical (unpaired) electrons. The van der Waals surface area contributed by atoms with Crippen LogP contribution in [-0.4, -0.2) is 22.0 Å². The number of alkyl halides is 3. The van der Waals surface area contributed by atoms with E-state index in [1.807, 2.05) is 33.9 Å². The van der Waals surface area contributed by atoms with Crippen LogP contribution in [0.3, 0.4) is 0 Å². The van der Waals surface area contributed by atoms with Gasteiger partial charge in [-0.05, 0) is 17.2 Å². The molecule has 0 bridgehead atoms. The summed E-state index contributed by atoms with van der Waals surface area (Å²) >= 11 is 0. The summed E-state index contributed by atoms with van der Waals surface area (Å²) in [5.41, 5.74) is 0.664. The lowest BCUT2D eigenvalue weighted by atomic mass is 10.2. The van der Waals surface area contributed by atoms with E-state index in [2.05, 4.69) is 4.18 Å². The molecule has 0 amide bonds. The van der Waals surface area contributed by atoms with Crippen LogP contribution >= 0.6 is 0 Å². The first kappa shape index (κ1) is 18.8. The molecular formula is C13H20F3NO3SSi. The Kier molecular flexibility index (Phi) is 4.66.